The lowest BCUT2D eigenvalue weighted by Gasteiger charge is -2.19. The van der Waals surface area contributed by atoms with E-state index in [1.54, 1.807) is 0 Å². The van der Waals surface area contributed by atoms with Gasteiger partial charge >= 0.3 is 5.97 Å². The van der Waals surface area contributed by atoms with Crippen molar-refractivity contribution < 1.29 is 20.1 Å². The van der Waals surface area contributed by atoms with Crippen molar-refractivity contribution in [2.24, 2.45) is 0 Å². The fraction of sp³-hybridized carbons (Fsp3) is 0.967. The van der Waals surface area contributed by atoms with E-state index in [-0.39, 0.29) is 13.2 Å². The minimum atomic E-state index is -0.663. The van der Waals surface area contributed by atoms with Gasteiger partial charge in [0.05, 0.1) is 13.2 Å². The molecule has 0 fully saturated rings. The molecule has 35 heavy (non-hydrogen) atoms. The number of aliphatic hydroxyl groups is 2. The van der Waals surface area contributed by atoms with E-state index in [1.165, 1.54) is 122 Å². The molecule has 0 aromatic carbocycles. The van der Waals surface area contributed by atoms with Gasteiger partial charge < -0.3 is 15.3 Å². The average molecular weight is 502 g/mol. The van der Waals surface area contributed by atoms with Gasteiger partial charge in [-0.3, -0.25) is 9.69 Å². The van der Waals surface area contributed by atoms with Gasteiger partial charge in [-0.2, -0.15) is 0 Å². The molecule has 0 radical (unpaired) electrons. The van der Waals surface area contributed by atoms with E-state index in [2.05, 4.69) is 18.7 Å². The number of carboxylic acid groups (broad SMARTS) is 1. The monoisotopic (exact) mass is 501 g/mol. The van der Waals surface area contributed by atoms with Crippen LogP contribution in [0.4, 0.5) is 0 Å². The molecule has 0 rings (SSSR count). The van der Waals surface area contributed by atoms with Crippen molar-refractivity contribution in [3.05, 3.63) is 0 Å². The van der Waals surface area contributed by atoms with E-state index in [1.807, 2.05) is 0 Å². The summed E-state index contributed by atoms with van der Waals surface area (Å²) in [5.74, 6) is -0.663. The van der Waals surface area contributed by atoms with E-state index >= 15 is 0 Å². The molecular formula is C30H63NO4. The first-order valence-electron chi connectivity index (χ1n) is 15.3. The molecule has 212 valence electrons. The molecule has 5 heteroatoms. The largest absolute Gasteiger partial charge is 0.481 e. The highest BCUT2D eigenvalue weighted by atomic mass is 16.4. The quantitative estimate of drug-likeness (QED) is 0.0994. The van der Waals surface area contributed by atoms with Gasteiger partial charge in [0.15, 0.2) is 0 Å². The summed E-state index contributed by atoms with van der Waals surface area (Å²) in [6.45, 7) is 7.26. The molecule has 0 heterocycles. The molecule has 0 aromatic heterocycles. The van der Waals surface area contributed by atoms with Crippen LogP contribution in [0.1, 0.15) is 155 Å². The first kappa shape index (κ1) is 36.5. The van der Waals surface area contributed by atoms with Crippen LogP contribution in [-0.4, -0.2) is 59.0 Å². The van der Waals surface area contributed by atoms with Crippen LogP contribution in [0.2, 0.25) is 0 Å². The lowest BCUT2D eigenvalue weighted by atomic mass is 10.0. The van der Waals surface area contributed by atoms with E-state index in [4.69, 9.17) is 15.3 Å². The Bertz CT molecular complexity index is 387. The summed E-state index contributed by atoms with van der Waals surface area (Å²) in [4.78, 5) is 12.3. The standard InChI is InChI=1S/C20H43NO2.C10H20O2/c1-2-3-4-5-6-7-8-9-10-11-12-13-14-15-16-21(17-19-22)18-20-23;1-2-3-4-5-6-7-8-9-10(11)12/h22-23H,2-20H2,1H3;2-9H2,1H3,(H,11,12). The first-order chi connectivity index (χ1) is 17.1. The van der Waals surface area contributed by atoms with Gasteiger partial charge in [0, 0.05) is 19.5 Å². The number of unbranched alkanes of at least 4 members (excludes halogenated alkanes) is 19. The first-order valence-corrected chi connectivity index (χ1v) is 15.3. The summed E-state index contributed by atoms with van der Waals surface area (Å²) < 4.78 is 0. The van der Waals surface area contributed by atoms with Crippen LogP contribution < -0.4 is 0 Å². The van der Waals surface area contributed by atoms with Crippen molar-refractivity contribution >= 4 is 5.97 Å². The minimum absolute atomic E-state index is 0.193. The van der Waals surface area contributed by atoms with Gasteiger partial charge in [0.2, 0.25) is 0 Å². The molecule has 0 unspecified atom stereocenters. The molecule has 0 aliphatic carbocycles. The van der Waals surface area contributed by atoms with Crippen LogP contribution >= 0.6 is 0 Å². The highest BCUT2D eigenvalue weighted by Crippen LogP contribution is 2.13. The number of aliphatic hydroxyl groups excluding tert-OH is 2. The number of carbonyl (C=O) groups is 1. The fourth-order valence-electron chi connectivity index (χ4n) is 4.38. The molecule has 0 aromatic rings. The number of aliphatic carboxylic acids is 1. The fourth-order valence-corrected chi connectivity index (χ4v) is 4.38. The van der Waals surface area contributed by atoms with Crippen LogP contribution in [0.15, 0.2) is 0 Å². The van der Waals surface area contributed by atoms with Crippen molar-refractivity contribution in [2.45, 2.75) is 155 Å². The zero-order chi connectivity index (χ0) is 26.2. The molecule has 0 amide bonds. The summed E-state index contributed by atoms with van der Waals surface area (Å²) in [6, 6.07) is 0. The molecule has 0 saturated carbocycles. The van der Waals surface area contributed by atoms with E-state index in [9.17, 15) is 4.79 Å². The predicted molar refractivity (Wildman–Crippen MR) is 151 cm³/mol. The number of hydrogen-bond donors (Lipinski definition) is 3. The third kappa shape index (κ3) is 35.6. The molecule has 0 bridgehead atoms. The van der Waals surface area contributed by atoms with Crippen LogP contribution in [0.5, 0.6) is 0 Å². The Balaban J connectivity index is 0. The Labute approximate surface area is 219 Å². The maximum absolute atomic E-state index is 10.1. The number of rotatable bonds is 27. The second kappa shape index (κ2) is 33.4. The third-order valence-electron chi connectivity index (χ3n) is 6.65. The number of hydrogen-bond acceptors (Lipinski definition) is 4. The van der Waals surface area contributed by atoms with Gasteiger partial charge in [-0.15, -0.1) is 0 Å². The molecule has 0 aliphatic rings. The number of carboxylic acids is 1. The summed E-state index contributed by atoms with van der Waals surface area (Å²) in [5, 5.41) is 26.3. The van der Waals surface area contributed by atoms with E-state index in [0.717, 1.165) is 19.4 Å². The molecule has 0 aliphatic heterocycles. The Kier molecular flexibility index (Phi) is 34.8. The highest BCUT2D eigenvalue weighted by molar-refractivity contribution is 5.66. The van der Waals surface area contributed by atoms with Crippen molar-refractivity contribution in [3.8, 4) is 0 Å². The zero-order valence-corrected chi connectivity index (χ0v) is 23.8. The normalized spacial score (nSPS) is 11.0. The average Bonchev–Trinajstić information content (AvgIpc) is 2.84. The van der Waals surface area contributed by atoms with Crippen LogP contribution in [0.25, 0.3) is 0 Å². The van der Waals surface area contributed by atoms with Crippen molar-refractivity contribution in [3.63, 3.8) is 0 Å². The maximum atomic E-state index is 10.1. The second-order valence-corrected chi connectivity index (χ2v) is 10.2. The molecule has 0 atom stereocenters. The van der Waals surface area contributed by atoms with Crippen molar-refractivity contribution in [1.29, 1.82) is 0 Å². The third-order valence-corrected chi connectivity index (χ3v) is 6.65. The molecule has 0 spiro atoms. The Morgan fingerprint density at radius 2 is 0.800 bits per heavy atom. The summed E-state index contributed by atoms with van der Waals surface area (Å²) in [7, 11) is 0. The van der Waals surface area contributed by atoms with Gasteiger partial charge in [0.1, 0.15) is 0 Å². The highest BCUT2D eigenvalue weighted by Gasteiger charge is 2.02. The zero-order valence-electron chi connectivity index (χ0n) is 23.8. The smallest absolute Gasteiger partial charge is 0.303 e. The Hall–Kier alpha value is -0.650. The molecule has 0 saturated heterocycles. The maximum Gasteiger partial charge on any atom is 0.303 e. The van der Waals surface area contributed by atoms with Crippen molar-refractivity contribution in [2.75, 3.05) is 32.8 Å². The summed E-state index contributed by atoms with van der Waals surface area (Å²) >= 11 is 0. The van der Waals surface area contributed by atoms with Crippen LogP contribution in [-0.2, 0) is 4.79 Å². The summed E-state index contributed by atoms with van der Waals surface area (Å²) in [5.41, 5.74) is 0. The van der Waals surface area contributed by atoms with Gasteiger partial charge in [-0.05, 0) is 19.4 Å². The Morgan fingerprint density at radius 1 is 0.486 bits per heavy atom. The second-order valence-electron chi connectivity index (χ2n) is 10.2. The lowest BCUT2D eigenvalue weighted by Crippen LogP contribution is -2.30. The number of nitrogens with zero attached hydrogens (tertiary/aromatic N) is 1. The van der Waals surface area contributed by atoms with E-state index < -0.39 is 5.97 Å². The van der Waals surface area contributed by atoms with Gasteiger partial charge in [-0.25, -0.2) is 0 Å². The topological polar surface area (TPSA) is 81.0 Å². The summed E-state index contributed by atoms with van der Waals surface area (Å²) in [6.07, 6.45) is 28.0. The van der Waals surface area contributed by atoms with Gasteiger partial charge in [0.25, 0.3) is 0 Å². The molecular weight excluding hydrogens is 438 g/mol. The SMILES string of the molecule is CCCCCCCCCC(=O)O.CCCCCCCCCCCCCCCCN(CCO)CCO. The lowest BCUT2D eigenvalue weighted by molar-refractivity contribution is -0.137. The molecule has 5 nitrogen and oxygen atoms in total. The van der Waals surface area contributed by atoms with E-state index in [0.29, 0.717) is 19.5 Å². The Morgan fingerprint density at radius 3 is 1.11 bits per heavy atom. The van der Waals surface area contributed by atoms with Crippen molar-refractivity contribution in [1.82, 2.24) is 4.90 Å². The van der Waals surface area contributed by atoms with Crippen LogP contribution in [0, 0.1) is 0 Å². The predicted octanol–water partition coefficient (Wildman–Crippen LogP) is 7.97. The molecule has 3 N–H and O–H groups in total. The van der Waals surface area contributed by atoms with Gasteiger partial charge in [-0.1, -0.05) is 136 Å². The van der Waals surface area contributed by atoms with Crippen LogP contribution in [0.3, 0.4) is 0 Å². The minimum Gasteiger partial charge on any atom is -0.481 e.